The fourth-order valence-electron chi connectivity index (χ4n) is 5.79. The minimum absolute atomic E-state index is 0.263. The van der Waals surface area contributed by atoms with E-state index in [4.69, 9.17) is 0 Å². The molecule has 0 aliphatic heterocycles. The molecule has 2 unspecified atom stereocenters. The lowest BCUT2D eigenvalue weighted by Gasteiger charge is -2.39. The molecule has 3 aliphatic carbocycles. The largest absolute Gasteiger partial charge is 0.0763 e. The minimum atomic E-state index is -0.287. The fraction of sp³-hybridized carbons (Fsp3) is 0.120. The highest BCUT2D eigenvalue weighted by atomic mass is 79.9. The van der Waals surface area contributed by atoms with Gasteiger partial charge in [-0.15, -0.1) is 0 Å². The lowest BCUT2D eigenvalue weighted by atomic mass is 9.65. The molecule has 0 N–H and O–H groups in total. The fourth-order valence-corrected chi connectivity index (χ4v) is 8.62. The van der Waals surface area contributed by atoms with Gasteiger partial charge in [-0.05, 0) is 51.6 Å². The lowest BCUT2D eigenvalue weighted by Crippen LogP contribution is -2.35. The first-order valence-corrected chi connectivity index (χ1v) is 12.6. The summed E-state index contributed by atoms with van der Waals surface area (Å²) in [5.74, 6) is 0.582. The van der Waals surface area contributed by atoms with Gasteiger partial charge in [0, 0.05) is 29.7 Å². The third kappa shape index (κ3) is 2.24. The van der Waals surface area contributed by atoms with Crippen molar-refractivity contribution in [3.05, 3.63) is 113 Å². The first-order chi connectivity index (χ1) is 14.1. The normalized spacial score (nSPS) is 22.1. The van der Waals surface area contributed by atoms with E-state index in [2.05, 4.69) is 137 Å². The van der Waals surface area contributed by atoms with Gasteiger partial charge in [0.25, 0.3) is 0 Å². The molecule has 29 heavy (non-hydrogen) atoms. The number of fused-ring (bicyclic) bond motifs is 10. The summed E-state index contributed by atoms with van der Waals surface area (Å²) in [6, 6.07) is 19.8. The smallest absolute Gasteiger partial charge is 0.0582 e. The van der Waals surface area contributed by atoms with Crippen molar-refractivity contribution < 1.29 is 0 Å². The zero-order chi connectivity index (χ0) is 19.9. The summed E-state index contributed by atoms with van der Waals surface area (Å²) in [4.78, 5) is 0. The molecule has 4 heteroatoms. The average Bonchev–Trinajstić information content (AvgIpc) is 3.17. The van der Waals surface area contributed by atoms with Gasteiger partial charge in [-0.2, -0.15) is 0 Å². The highest BCUT2D eigenvalue weighted by Gasteiger charge is 2.60. The average molecular weight is 634 g/mol. The van der Waals surface area contributed by atoms with Crippen molar-refractivity contribution >= 4 is 63.7 Å². The van der Waals surface area contributed by atoms with Gasteiger partial charge in [-0.25, -0.2) is 0 Å². The van der Waals surface area contributed by atoms with Gasteiger partial charge in [0.05, 0.1) is 5.41 Å². The van der Waals surface area contributed by atoms with Crippen LogP contribution in [0.1, 0.15) is 28.2 Å². The molecule has 3 aromatic rings. The third-order valence-corrected chi connectivity index (χ3v) is 9.34. The zero-order valence-corrected chi connectivity index (χ0v) is 21.4. The van der Waals surface area contributed by atoms with Crippen molar-refractivity contribution in [2.45, 2.75) is 11.3 Å². The van der Waals surface area contributed by atoms with Crippen LogP contribution >= 0.6 is 63.7 Å². The van der Waals surface area contributed by atoms with Crippen LogP contribution in [0.25, 0.3) is 11.1 Å². The predicted molar refractivity (Wildman–Crippen MR) is 134 cm³/mol. The zero-order valence-electron chi connectivity index (χ0n) is 15.1. The van der Waals surface area contributed by atoms with Gasteiger partial charge in [0.15, 0.2) is 0 Å². The number of rotatable bonds is 0. The second kappa shape index (κ2) is 6.53. The van der Waals surface area contributed by atoms with Gasteiger partial charge < -0.3 is 0 Å². The molecule has 0 radical (unpaired) electrons. The monoisotopic (exact) mass is 630 g/mol. The van der Waals surface area contributed by atoms with E-state index in [0.717, 1.165) is 8.95 Å². The summed E-state index contributed by atoms with van der Waals surface area (Å²) in [5.41, 5.74) is 7.85. The van der Waals surface area contributed by atoms with Crippen molar-refractivity contribution in [1.29, 1.82) is 0 Å². The van der Waals surface area contributed by atoms with Crippen LogP contribution in [0.2, 0.25) is 0 Å². The maximum absolute atomic E-state index is 3.98. The predicted octanol–water partition coefficient (Wildman–Crippen LogP) is 8.85. The topological polar surface area (TPSA) is 0 Å². The van der Waals surface area contributed by atoms with Crippen molar-refractivity contribution in [2.24, 2.45) is 5.92 Å². The van der Waals surface area contributed by atoms with Crippen LogP contribution in [-0.4, -0.2) is 0 Å². The first-order valence-electron chi connectivity index (χ1n) is 9.48. The quantitative estimate of drug-likeness (QED) is 0.232. The van der Waals surface area contributed by atoms with Crippen molar-refractivity contribution in [3.8, 4) is 11.1 Å². The van der Waals surface area contributed by atoms with Crippen LogP contribution in [0.5, 0.6) is 0 Å². The molecular weight excluding hydrogens is 620 g/mol. The van der Waals surface area contributed by atoms with Crippen LogP contribution in [-0.2, 0) is 5.41 Å². The Morgan fingerprint density at radius 2 is 1.21 bits per heavy atom. The van der Waals surface area contributed by atoms with Crippen LogP contribution in [0.15, 0.2) is 90.7 Å². The molecule has 3 aliphatic rings. The molecule has 0 amide bonds. The lowest BCUT2D eigenvalue weighted by molar-refractivity contribution is 0.457. The summed E-state index contributed by atoms with van der Waals surface area (Å²) in [6.45, 7) is 0. The Morgan fingerprint density at radius 1 is 0.655 bits per heavy atom. The third-order valence-electron chi connectivity index (χ3n) is 6.60. The SMILES string of the molecule is BrC1=CC=CC2c3cccc(Br)c3C3(c4c(Br)cccc4-c4cccc(Br)c43)C12. The summed E-state index contributed by atoms with van der Waals surface area (Å²) < 4.78 is 4.74. The number of halogens is 4. The van der Waals surface area contributed by atoms with E-state index in [-0.39, 0.29) is 11.3 Å². The van der Waals surface area contributed by atoms with E-state index in [1.807, 2.05) is 0 Å². The van der Waals surface area contributed by atoms with E-state index in [1.165, 1.54) is 42.3 Å². The van der Waals surface area contributed by atoms with Crippen LogP contribution in [0.3, 0.4) is 0 Å². The summed E-state index contributed by atoms with van der Waals surface area (Å²) in [7, 11) is 0. The van der Waals surface area contributed by atoms with Gasteiger partial charge >= 0.3 is 0 Å². The number of benzene rings is 3. The van der Waals surface area contributed by atoms with E-state index < -0.39 is 0 Å². The highest BCUT2D eigenvalue weighted by molar-refractivity contribution is 9.12. The van der Waals surface area contributed by atoms with Crippen LogP contribution < -0.4 is 0 Å². The number of allylic oxidation sites excluding steroid dienone is 4. The van der Waals surface area contributed by atoms with Crippen molar-refractivity contribution in [3.63, 3.8) is 0 Å². The van der Waals surface area contributed by atoms with Gasteiger partial charge in [0.1, 0.15) is 0 Å². The highest BCUT2D eigenvalue weighted by Crippen LogP contribution is 2.70. The van der Waals surface area contributed by atoms with E-state index in [9.17, 15) is 0 Å². The second-order valence-corrected chi connectivity index (χ2v) is 11.3. The Balaban J connectivity index is 1.88. The molecule has 1 spiro atoms. The maximum atomic E-state index is 3.98. The Morgan fingerprint density at radius 3 is 1.83 bits per heavy atom. The standard InChI is InChI=1S/C25H14Br4/c26-17-9-1-5-13-14-6-2-10-18(27)22(14)25(21(13)17)23-15(7-3-11-19(23)28)16-8-4-12-20(29)24(16)25/h1-13,21H. The maximum Gasteiger partial charge on any atom is 0.0582 e. The van der Waals surface area contributed by atoms with E-state index in [1.54, 1.807) is 0 Å². The molecule has 0 nitrogen and oxygen atoms in total. The number of hydrogen-bond donors (Lipinski definition) is 0. The molecule has 2 atom stereocenters. The molecular formula is C25H14Br4. The molecule has 0 bridgehead atoms. The molecule has 0 aromatic heterocycles. The van der Waals surface area contributed by atoms with Crippen LogP contribution in [0, 0.1) is 5.92 Å². The Kier molecular flexibility index (Phi) is 4.23. The molecule has 142 valence electrons. The van der Waals surface area contributed by atoms with E-state index in [0.29, 0.717) is 5.92 Å². The van der Waals surface area contributed by atoms with Gasteiger partial charge in [-0.1, -0.05) is 118 Å². The van der Waals surface area contributed by atoms with Crippen molar-refractivity contribution in [2.75, 3.05) is 0 Å². The summed E-state index contributed by atoms with van der Waals surface area (Å²) in [6.07, 6.45) is 6.76. The Labute approximate surface area is 203 Å². The van der Waals surface area contributed by atoms with Gasteiger partial charge in [-0.3, -0.25) is 0 Å². The molecule has 0 saturated heterocycles. The van der Waals surface area contributed by atoms with Crippen LogP contribution in [0.4, 0.5) is 0 Å². The van der Waals surface area contributed by atoms with E-state index >= 15 is 0 Å². The molecule has 0 heterocycles. The Hall–Kier alpha value is -0.940. The Bertz CT molecular complexity index is 1220. The molecule has 0 saturated carbocycles. The molecule has 0 fully saturated rings. The molecule has 3 aromatic carbocycles. The number of hydrogen-bond acceptors (Lipinski definition) is 0. The van der Waals surface area contributed by atoms with Crippen molar-refractivity contribution in [1.82, 2.24) is 0 Å². The minimum Gasteiger partial charge on any atom is -0.0763 e. The van der Waals surface area contributed by atoms with Gasteiger partial charge in [0.2, 0.25) is 0 Å². The second-order valence-electron chi connectivity index (χ2n) is 7.78. The molecule has 6 rings (SSSR count). The first kappa shape index (κ1) is 18.8. The summed E-state index contributed by atoms with van der Waals surface area (Å²) in [5, 5.41) is 0. The summed E-state index contributed by atoms with van der Waals surface area (Å²) >= 11 is 15.8.